The van der Waals surface area contributed by atoms with Gasteiger partial charge < -0.3 is 9.13 Å². The van der Waals surface area contributed by atoms with E-state index in [4.69, 9.17) is 0 Å². The zero-order chi connectivity index (χ0) is 21.9. The van der Waals surface area contributed by atoms with Crippen LogP contribution in [0.1, 0.15) is 0 Å². The molecule has 33 heavy (non-hydrogen) atoms. The molecule has 2 aromatic heterocycles. The molecule has 2 heteroatoms. The van der Waals surface area contributed by atoms with Crippen molar-refractivity contribution in [2.75, 3.05) is 0 Å². The van der Waals surface area contributed by atoms with Gasteiger partial charge in [-0.1, -0.05) is 72.8 Å². The number of aryl methyl sites for hydroxylation is 1. The highest BCUT2D eigenvalue weighted by molar-refractivity contribution is 6.10. The lowest BCUT2D eigenvalue weighted by Gasteiger charge is -2.09. The molecule has 0 fully saturated rings. The van der Waals surface area contributed by atoms with E-state index in [-0.39, 0.29) is 0 Å². The SMILES string of the molecule is Cn1c2ccccc2c2cc(-c3ccc(-n4c5ccccc5c5ccccc54)cc3)ccc21. The Bertz CT molecular complexity index is 1760. The van der Waals surface area contributed by atoms with Crippen LogP contribution in [0.25, 0.3) is 60.4 Å². The van der Waals surface area contributed by atoms with Crippen LogP contribution in [0.2, 0.25) is 0 Å². The quantitative estimate of drug-likeness (QED) is 0.266. The third-order valence-electron chi connectivity index (χ3n) is 6.95. The molecule has 0 aliphatic carbocycles. The van der Waals surface area contributed by atoms with Gasteiger partial charge in [-0.25, -0.2) is 0 Å². The summed E-state index contributed by atoms with van der Waals surface area (Å²) in [5.41, 5.74) is 8.67. The molecule has 2 nitrogen and oxygen atoms in total. The molecule has 156 valence electrons. The molecule has 0 spiro atoms. The normalized spacial score (nSPS) is 11.8. The van der Waals surface area contributed by atoms with Crippen molar-refractivity contribution in [3.8, 4) is 16.8 Å². The first-order chi connectivity index (χ1) is 16.3. The van der Waals surface area contributed by atoms with Gasteiger partial charge in [0, 0.05) is 45.3 Å². The topological polar surface area (TPSA) is 9.86 Å². The fraction of sp³-hybridized carbons (Fsp3) is 0.0323. The maximum absolute atomic E-state index is 2.36. The van der Waals surface area contributed by atoms with E-state index in [2.05, 4.69) is 131 Å². The van der Waals surface area contributed by atoms with E-state index >= 15 is 0 Å². The second kappa shape index (κ2) is 6.85. The molecule has 0 aliphatic rings. The zero-order valence-electron chi connectivity index (χ0n) is 18.4. The monoisotopic (exact) mass is 422 g/mol. The smallest absolute Gasteiger partial charge is 0.0541 e. The third kappa shape index (κ3) is 2.61. The summed E-state index contributed by atoms with van der Waals surface area (Å²) in [4.78, 5) is 0. The molecule has 0 N–H and O–H groups in total. The van der Waals surface area contributed by atoms with Crippen LogP contribution >= 0.6 is 0 Å². The average Bonchev–Trinajstić information content (AvgIpc) is 3.37. The summed E-state index contributed by atoms with van der Waals surface area (Å²) in [7, 11) is 2.14. The summed E-state index contributed by atoms with van der Waals surface area (Å²) in [6, 6.07) is 41.7. The first-order valence-electron chi connectivity index (χ1n) is 11.4. The van der Waals surface area contributed by atoms with Crippen LogP contribution in [-0.2, 0) is 7.05 Å². The predicted molar refractivity (Wildman–Crippen MR) is 140 cm³/mol. The molecular formula is C31H22N2. The Balaban J connectivity index is 1.38. The van der Waals surface area contributed by atoms with E-state index in [1.165, 1.54) is 60.4 Å². The van der Waals surface area contributed by atoms with Crippen molar-refractivity contribution in [1.29, 1.82) is 0 Å². The van der Waals surface area contributed by atoms with E-state index in [1.54, 1.807) is 0 Å². The van der Waals surface area contributed by atoms with Gasteiger partial charge >= 0.3 is 0 Å². The predicted octanol–water partition coefficient (Wildman–Crippen LogP) is 8.10. The summed E-state index contributed by atoms with van der Waals surface area (Å²) < 4.78 is 4.64. The number of para-hydroxylation sites is 3. The molecule has 0 radical (unpaired) electrons. The van der Waals surface area contributed by atoms with Gasteiger partial charge in [0.15, 0.2) is 0 Å². The number of hydrogen-bond donors (Lipinski definition) is 0. The molecule has 0 unspecified atom stereocenters. The fourth-order valence-electron chi connectivity index (χ4n) is 5.35. The summed E-state index contributed by atoms with van der Waals surface area (Å²) in [5.74, 6) is 0. The first-order valence-corrected chi connectivity index (χ1v) is 11.4. The Morgan fingerprint density at radius 1 is 0.424 bits per heavy atom. The standard InChI is InChI=1S/C31H22N2/c1-32-28-11-5-2-10-26(28)27-20-22(16-19-29(27)32)21-14-17-23(18-15-21)33-30-12-6-3-8-24(30)25-9-4-7-13-31(25)33/h2-20H,1H3. The summed E-state index contributed by atoms with van der Waals surface area (Å²) >= 11 is 0. The highest BCUT2D eigenvalue weighted by Gasteiger charge is 2.12. The second-order valence-electron chi connectivity index (χ2n) is 8.72. The largest absolute Gasteiger partial charge is 0.344 e. The van der Waals surface area contributed by atoms with Gasteiger partial charge in [-0.2, -0.15) is 0 Å². The van der Waals surface area contributed by atoms with Crippen molar-refractivity contribution in [3.63, 3.8) is 0 Å². The molecule has 2 heterocycles. The van der Waals surface area contributed by atoms with Crippen LogP contribution in [0.3, 0.4) is 0 Å². The van der Waals surface area contributed by atoms with Gasteiger partial charge in [0.2, 0.25) is 0 Å². The summed E-state index contributed by atoms with van der Waals surface area (Å²) in [6.45, 7) is 0. The maximum Gasteiger partial charge on any atom is 0.0541 e. The molecule has 7 rings (SSSR count). The lowest BCUT2D eigenvalue weighted by molar-refractivity contribution is 1.01. The van der Waals surface area contributed by atoms with Crippen LogP contribution in [0.5, 0.6) is 0 Å². The summed E-state index contributed by atoms with van der Waals surface area (Å²) in [5, 5.41) is 5.19. The molecule has 0 amide bonds. The van der Waals surface area contributed by atoms with Gasteiger partial charge in [0.1, 0.15) is 0 Å². The number of rotatable bonds is 2. The highest BCUT2D eigenvalue weighted by Crippen LogP contribution is 2.34. The Morgan fingerprint density at radius 2 is 0.909 bits per heavy atom. The van der Waals surface area contributed by atoms with Crippen molar-refractivity contribution in [3.05, 3.63) is 115 Å². The Morgan fingerprint density at radius 3 is 1.55 bits per heavy atom. The molecule has 7 aromatic rings. The van der Waals surface area contributed by atoms with E-state index in [0.29, 0.717) is 0 Å². The average molecular weight is 423 g/mol. The second-order valence-corrected chi connectivity index (χ2v) is 8.72. The van der Waals surface area contributed by atoms with Crippen LogP contribution < -0.4 is 0 Å². The van der Waals surface area contributed by atoms with Crippen molar-refractivity contribution < 1.29 is 0 Å². The van der Waals surface area contributed by atoms with Gasteiger partial charge in [-0.05, 0) is 53.6 Å². The Hall–Kier alpha value is -4.30. The number of aromatic nitrogens is 2. The Kier molecular flexibility index (Phi) is 3.80. The van der Waals surface area contributed by atoms with E-state index in [9.17, 15) is 0 Å². The minimum atomic E-state index is 1.18. The van der Waals surface area contributed by atoms with E-state index < -0.39 is 0 Å². The molecule has 5 aromatic carbocycles. The zero-order valence-corrected chi connectivity index (χ0v) is 18.4. The molecule has 0 saturated carbocycles. The lowest BCUT2D eigenvalue weighted by atomic mass is 10.0. The number of hydrogen-bond acceptors (Lipinski definition) is 0. The van der Waals surface area contributed by atoms with Crippen LogP contribution in [0, 0.1) is 0 Å². The third-order valence-corrected chi connectivity index (χ3v) is 6.95. The molecule has 0 aliphatic heterocycles. The van der Waals surface area contributed by atoms with Gasteiger partial charge in [-0.3, -0.25) is 0 Å². The van der Waals surface area contributed by atoms with Crippen LogP contribution in [0.4, 0.5) is 0 Å². The van der Waals surface area contributed by atoms with Crippen LogP contribution in [0.15, 0.2) is 115 Å². The fourth-order valence-corrected chi connectivity index (χ4v) is 5.35. The molecule has 0 saturated heterocycles. The minimum absolute atomic E-state index is 1.18. The lowest BCUT2D eigenvalue weighted by Crippen LogP contribution is -1.93. The van der Waals surface area contributed by atoms with Crippen molar-refractivity contribution >= 4 is 43.6 Å². The number of fused-ring (bicyclic) bond motifs is 6. The first kappa shape index (κ1) is 18.3. The minimum Gasteiger partial charge on any atom is -0.344 e. The number of nitrogens with zero attached hydrogens (tertiary/aromatic N) is 2. The van der Waals surface area contributed by atoms with Gasteiger partial charge in [0.05, 0.1) is 11.0 Å². The Labute approximate surface area is 191 Å². The van der Waals surface area contributed by atoms with E-state index in [1.807, 2.05) is 0 Å². The summed E-state index contributed by atoms with van der Waals surface area (Å²) in [6.07, 6.45) is 0. The maximum atomic E-state index is 2.36. The van der Waals surface area contributed by atoms with E-state index in [0.717, 1.165) is 0 Å². The number of benzene rings is 5. The van der Waals surface area contributed by atoms with Gasteiger partial charge in [-0.15, -0.1) is 0 Å². The van der Waals surface area contributed by atoms with Crippen molar-refractivity contribution in [2.24, 2.45) is 7.05 Å². The molecular weight excluding hydrogens is 400 g/mol. The van der Waals surface area contributed by atoms with Crippen molar-refractivity contribution in [1.82, 2.24) is 9.13 Å². The molecule has 0 atom stereocenters. The molecule has 0 bridgehead atoms. The highest BCUT2D eigenvalue weighted by atomic mass is 15.0. The van der Waals surface area contributed by atoms with Gasteiger partial charge in [0.25, 0.3) is 0 Å². The van der Waals surface area contributed by atoms with Crippen molar-refractivity contribution in [2.45, 2.75) is 0 Å². The van der Waals surface area contributed by atoms with Crippen LogP contribution in [-0.4, -0.2) is 9.13 Å².